The van der Waals surface area contributed by atoms with E-state index in [4.69, 9.17) is 0 Å². The minimum Gasteiger partial charge on any atom is -0.480 e. The molecular formula is C15H14F3NO3. The number of carboxylic acid groups (broad SMARTS) is 1. The number of pyridine rings is 1. The highest BCUT2D eigenvalue weighted by atomic mass is 19.4. The first-order valence-corrected chi connectivity index (χ1v) is 6.58. The number of benzene rings is 1. The van der Waals surface area contributed by atoms with Crippen LogP contribution < -0.4 is 5.56 Å². The van der Waals surface area contributed by atoms with Crippen LogP contribution in [0.2, 0.25) is 0 Å². The van der Waals surface area contributed by atoms with Gasteiger partial charge in [0.2, 0.25) is 0 Å². The zero-order chi connectivity index (χ0) is 16.7. The predicted molar refractivity (Wildman–Crippen MR) is 74.7 cm³/mol. The molecule has 0 radical (unpaired) electrons. The average Bonchev–Trinajstić information content (AvgIpc) is 2.39. The lowest BCUT2D eigenvalue weighted by molar-refractivity contribution is -0.142. The van der Waals surface area contributed by atoms with Gasteiger partial charge in [0.25, 0.3) is 5.56 Å². The maximum absolute atomic E-state index is 13.0. The minimum absolute atomic E-state index is 0.149. The number of halogens is 3. The number of aromatic nitrogens is 1. The molecule has 7 heteroatoms. The summed E-state index contributed by atoms with van der Waals surface area (Å²) < 4.78 is 39.9. The Morgan fingerprint density at radius 3 is 2.32 bits per heavy atom. The Morgan fingerprint density at radius 1 is 1.18 bits per heavy atom. The van der Waals surface area contributed by atoms with Crippen molar-refractivity contribution in [1.82, 2.24) is 4.57 Å². The molecule has 0 bridgehead atoms. The quantitative estimate of drug-likeness (QED) is 0.946. The fourth-order valence-corrected chi connectivity index (χ4v) is 2.48. The molecule has 1 aromatic carbocycles. The van der Waals surface area contributed by atoms with E-state index in [-0.39, 0.29) is 10.8 Å². The van der Waals surface area contributed by atoms with Gasteiger partial charge in [0, 0.05) is 17.0 Å². The van der Waals surface area contributed by atoms with Gasteiger partial charge in [0.1, 0.15) is 6.04 Å². The summed E-state index contributed by atoms with van der Waals surface area (Å²) in [6.07, 6.45) is -3.47. The van der Waals surface area contributed by atoms with Crippen LogP contribution in [0.3, 0.4) is 0 Å². The standard InChI is InChI=1S/C15H14F3NO3/c1-8(2)12(14(21)22)19-7-6-9-10(13(19)20)4-3-5-11(9)15(16,17)18/h3-8,12H,1-2H3,(H,21,22). The van der Waals surface area contributed by atoms with Gasteiger partial charge < -0.3 is 9.67 Å². The van der Waals surface area contributed by atoms with Crippen molar-refractivity contribution in [2.24, 2.45) is 5.92 Å². The van der Waals surface area contributed by atoms with Gasteiger partial charge in [-0.05, 0) is 24.1 Å². The lowest BCUT2D eigenvalue weighted by Crippen LogP contribution is -2.33. The molecule has 0 saturated carbocycles. The summed E-state index contributed by atoms with van der Waals surface area (Å²) in [4.78, 5) is 23.7. The molecule has 1 N–H and O–H groups in total. The van der Waals surface area contributed by atoms with Gasteiger partial charge in [-0.25, -0.2) is 4.79 Å². The number of carboxylic acids is 1. The van der Waals surface area contributed by atoms with Crippen molar-refractivity contribution in [3.8, 4) is 0 Å². The Balaban J connectivity index is 2.77. The number of hydrogen-bond donors (Lipinski definition) is 1. The van der Waals surface area contributed by atoms with Gasteiger partial charge in [-0.3, -0.25) is 4.79 Å². The first-order valence-electron chi connectivity index (χ1n) is 6.58. The predicted octanol–water partition coefficient (Wildman–Crippen LogP) is 3.30. The maximum atomic E-state index is 13.0. The smallest absolute Gasteiger partial charge is 0.417 e. The fraction of sp³-hybridized carbons (Fsp3) is 0.333. The normalized spacial score (nSPS) is 13.5. The van der Waals surface area contributed by atoms with Crippen molar-refractivity contribution in [2.75, 3.05) is 0 Å². The van der Waals surface area contributed by atoms with Gasteiger partial charge in [0.15, 0.2) is 0 Å². The zero-order valence-corrected chi connectivity index (χ0v) is 11.9. The number of alkyl halides is 3. The SMILES string of the molecule is CC(C)C(C(=O)O)n1ccc2c(C(F)(F)F)cccc2c1=O. The van der Waals surface area contributed by atoms with Crippen LogP contribution in [0.5, 0.6) is 0 Å². The van der Waals surface area contributed by atoms with E-state index in [1.165, 1.54) is 6.07 Å². The summed E-state index contributed by atoms with van der Waals surface area (Å²) >= 11 is 0. The lowest BCUT2D eigenvalue weighted by Gasteiger charge is -2.20. The molecule has 1 unspecified atom stereocenters. The second kappa shape index (κ2) is 5.47. The Hall–Kier alpha value is -2.31. The molecule has 0 spiro atoms. The van der Waals surface area contributed by atoms with E-state index in [1.54, 1.807) is 13.8 Å². The second-order valence-corrected chi connectivity index (χ2v) is 5.32. The molecular weight excluding hydrogens is 299 g/mol. The molecule has 0 aliphatic heterocycles. The Morgan fingerprint density at radius 2 is 1.82 bits per heavy atom. The van der Waals surface area contributed by atoms with E-state index in [9.17, 15) is 27.9 Å². The lowest BCUT2D eigenvalue weighted by atomic mass is 10.0. The fourth-order valence-electron chi connectivity index (χ4n) is 2.48. The maximum Gasteiger partial charge on any atom is 0.417 e. The largest absolute Gasteiger partial charge is 0.480 e. The third kappa shape index (κ3) is 2.70. The molecule has 0 saturated heterocycles. The summed E-state index contributed by atoms with van der Waals surface area (Å²) in [6, 6.07) is 3.30. The van der Waals surface area contributed by atoms with Gasteiger partial charge in [0.05, 0.1) is 5.56 Å². The van der Waals surface area contributed by atoms with E-state index in [0.29, 0.717) is 0 Å². The summed E-state index contributed by atoms with van der Waals surface area (Å²) in [5.41, 5.74) is -1.66. The monoisotopic (exact) mass is 313 g/mol. The van der Waals surface area contributed by atoms with Crippen molar-refractivity contribution in [1.29, 1.82) is 0 Å². The van der Waals surface area contributed by atoms with Crippen LogP contribution in [-0.2, 0) is 11.0 Å². The molecule has 0 aliphatic rings. The third-order valence-electron chi connectivity index (χ3n) is 3.46. The van der Waals surface area contributed by atoms with Crippen LogP contribution in [0, 0.1) is 5.92 Å². The number of aliphatic carboxylic acids is 1. The minimum atomic E-state index is -4.58. The summed E-state index contributed by atoms with van der Waals surface area (Å²) in [5.74, 6) is -1.60. The first-order chi connectivity index (χ1) is 10.1. The highest BCUT2D eigenvalue weighted by Crippen LogP contribution is 2.34. The van der Waals surface area contributed by atoms with Crippen LogP contribution in [-0.4, -0.2) is 15.6 Å². The molecule has 4 nitrogen and oxygen atoms in total. The Bertz CT molecular complexity index is 778. The van der Waals surface area contributed by atoms with E-state index >= 15 is 0 Å². The van der Waals surface area contributed by atoms with Crippen LogP contribution in [0.4, 0.5) is 13.2 Å². The van der Waals surface area contributed by atoms with Crippen LogP contribution in [0.1, 0.15) is 25.5 Å². The molecule has 0 amide bonds. The summed E-state index contributed by atoms with van der Waals surface area (Å²) in [7, 11) is 0. The van der Waals surface area contributed by atoms with Crippen LogP contribution >= 0.6 is 0 Å². The Labute approximate surface area is 123 Å². The van der Waals surface area contributed by atoms with Crippen molar-refractivity contribution in [3.05, 3.63) is 46.4 Å². The molecule has 1 aromatic heterocycles. The van der Waals surface area contributed by atoms with Crippen molar-refractivity contribution in [3.63, 3.8) is 0 Å². The average molecular weight is 313 g/mol. The van der Waals surface area contributed by atoms with Gasteiger partial charge in [-0.1, -0.05) is 19.9 Å². The number of nitrogens with zero attached hydrogens (tertiary/aromatic N) is 1. The van der Waals surface area contributed by atoms with Gasteiger partial charge in [-0.2, -0.15) is 13.2 Å². The number of carbonyl (C=O) groups is 1. The van der Waals surface area contributed by atoms with Crippen molar-refractivity contribution >= 4 is 16.7 Å². The van der Waals surface area contributed by atoms with E-state index in [2.05, 4.69) is 0 Å². The van der Waals surface area contributed by atoms with E-state index in [0.717, 1.165) is 29.0 Å². The highest BCUT2D eigenvalue weighted by molar-refractivity contribution is 5.85. The van der Waals surface area contributed by atoms with Crippen LogP contribution in [0.15, 0.2) is 35.3 Å². The summed E-state index contributed by atoms with van der Waals surface area (Å²) in [5, 5.41) is 8.86. The molecule has 2 rings (SSSR count). The molecule has 1 atom stereocenters. The molecule has 2 aromatic rings. The molecule has 118 valence electrons. The molecule has 0 fully saturated rings. The molecule has 22 heavy (non-hydrogen) atoms. The number of fused-ring (bicyclic) bond motifs is 1. The van der Waals surface area contributed by atoms with E-state index in [1.807, 2.05) is 0 Å². The molecule has 1 heterocycles. The van der Waals surface area contributed by atoms with Crippen molar-refractivity contribution < 1.29 is 23.1 Å². The second-order valence-electron chi connectivity index (χ2n) is 5.32. The Kier molecular flexibility index (Phi) is 4.00. The van der Waals surface area contributed by atoms with Gasteiger partial charge >= 0.3 is 12.1 Å². The highest BCUT2D eigenvalue weighted by Gasteiger charge is 2.33. The van der Waals surface area contributed by atoms with Crippen LogP contribution in [0.25, 0.3) is 10.8 Å². The van der Waals surface area contributed by atoms with E-state index < -0.39 is 35.2 Å². The summed E-state index contributed by atoms with van der Waals surface area (Å²) in [6.45, 7) is 3.25. The van der Waals surface area contributed by atoms with Crippen molar-refractivity contribution in [2.45, 2.75) is 26.1 Å². The molecule has 0 aliphatic carbocycles. The topological polar surface area (TPSA) is 59.3 Å². The zero-order valence-electron chi connectivity index (χ0n) is 11.9. The number of rotatable bonds is 3. The third-order valence-corrected chi connectivity index (χ3v) is 3.46. The number of hydrogen-bond acceptors (Lipinski definition) is 2. The first kappa shape index (κ1) is 16.1. The van der Waals surface area contributed by atoms with Gasteiger partial charge in [-0.15, -0.1) is 0 Å².